The van der Waals surface area contributed by atoms with Crippen LogP contribution in [0.1, 0.15) is 34.2 Å². The van der Waals surface area contributed by atoms with Crippen molar-refractivity contribution in [1.82, 2.24) is 19.5 Å². The van der Waals surface area contributed by atoms with Crippen LogP contribution in [0, 0.1) is 11.6 Å². The quantitative estimate of drug-likeness (QED) is 0.594. The van der Waals surface area contributed by atoms with E-state index in [0.29, 0.717) is 17.1 Å². The maximum atomic E-state index is 14.0. The number of nitrogens with zero attached hydrogens (tertiary/aromatic N) is 4. The average molecular weight is 391 g/mol. The highest BCUT2D eigenvalue weighted by Gasteiger charge is 2.22. The average Bonchev–Trinajstić information content (AvgIpc) is 2.93. The number of anilines is 3. The van der Waals surface area contributed by atoms with Crippen molar-refractivity contribution in [3.05, 3.63) is 36.0 Å². The first-order chi connectivity index (χ1) is 12.8. The topological polar surface area (TPSA) is 111 Å². The number of benzene rings is 1. The Labute approximate surface area is 161 Å². The van der Waals surface area contributed by atoms with Crippen molar-refractivity contribution in [3.63, 3.8) is 0 Å². The minimum absolute atomic E-state index is 0. The van der Waals surface area contributed by atoms with Gasteiger partial charge in [-0.05, 0) is 32.9 Å². The van der Waals surface area contributed by atoms with Gasteiger partial charge in [0.1, 0.15) is 23.2 Å². The van der Waals surface area contributed by atoms with E-state index in [1.807, 2.05) is 13.8 Å². The van der Waals surface area contributed by atoms with Gasteiger partial charge in [-0.2, -0.15) is 4.98 Å². The molecule has 8 nitrogen and oxygen atoms in total. The smallest absolute Gasteiger partial charge is 0.240 e. The number of fused-ring (bicyclic) bond motifs is 1. The van der Waals surface area contributed by atoms with Crippen LogP contribution in [0.2, 0.25) is 0 Å². The predicted octanol–water partition coefficient (Wildman–Crippen LogP) is 3.35. The molecule has 3 rings (SSSR count). The van der Waals surface area contributed by atoms with Crippen LogP contribution < -0.4 is 16.4 Å². The molecular formula is C18H23F2N7O. The number of primary amides is 1. The number of hydrogen-bond donors (Lipinski definition) is 3. The molecule has 1 amide bonds. The summed E-state index contributed by atoms with van der Waals surface area (Å²) in [6, 6.07) is 2.37. The van der Waals surface area contributed by atoms with Crippen molar-refractivity contribution in [3.8, 4) is 0 Å². The molecule has 0 aliphatic heterocycles. The molecule has 0 unspecified atom stereocenters. The van der Waals surface area contributed by atoms with E-state index in [1.165, 1.54) is 16.8 Å². The third kappa shape index (κ3) is 4.16. The van der Waals surface area contributed by atoms with Gasteiger partial charge in [0.15, 0.2) is 5.65 Å². The molecule has 28 heavy (non-hydrogen) atoms. The van der Waals surface area contributed by atoms with Crippen molar-refractivity contribution in [2.75, 3.05) is 10.6 Å². The van der Waals surface area contributed by atoms with Gasteiger partial charge in [-0.15, -0.1) is 0 Å². The fraction of sp³-hybridized carbons (Fsp3) is 0.333. The van der Waals surface area contributed by atoms with Crippen LogP contribution >= 0.6 is 0 Å². The monoisotopic (exact) mass is 391 g/mol. The number of carbonyl (C=O) groups is 1. The Hall–Kier alpha value is -3.30. The summed E-state index contributed by atoms with van der Waals surface area (Å²) in [6.45, 7) is 5.44. The van der Waals surface area contributed by atoms with Gasteiger partial charge in [-0.1, -0.05) is 7.43 Å². The zero-order valence-corrected chi connectivity index (χ0v) is 15.0. The fourth-order valence-electron chi connectivity index (χ4n) is 2.51. The molecule has 0 radical (unpaired) electrons. The molecule has 0 aliphatic carbocycles. The van der Waals surface area contributed by atoms with Gasteiger partial charge in [0.25, 0.3) is 0 Å². The van der Waals surface area contributed by atoms with Crippen LogP contribution in [0.4, 0.5) is 26.4 Å². The minimum atomic E-state index is -0.817. The molecule has 1 aromatic carbocycles. The highest BCUT2D eigenvalue weighted by Crippen LogP contribution is 2.27. The first kappa shape index (κ1) is 21.0. The summed E-state index contributed by atoms with van der Waals surface area (Å²) in [5.41, 5.74) is 6.19. The van der Waals surface area contributed by atoms with Crippen LogP contribution in [0.15, 0.2) is 24.4 Å². The lowest BCUT2D eigenvalue weighted by Gasteiger charge is -2.15. The number of aromatic nitrogens is 4. The van der Waals surface area contributed by atoms with Crippen LogP contribution in [0.3, 0.4) is 0 Å². The van der Waals surface area contributed by atoms with Crippen molar-refractivity contribution in [2.45, 2.75) is 40.3 Å². The molecule has 4 N–H and O–H groups in total. The molecule has 0 bridgehead atoms. The highest BCUT2D eigenvalue weighted by atomic mass is 19.1. The number of halogens is 2. The molecule has 2 heterocycles. The van der Waals surface area contributed by atoms with Gasteiger partial charge in [0.2, 0.25) is 17.8 Å². The van der Waals surface area contributed by atoms with Crippen molar-refractivity contribution in [2.24, 2.45) is 5.73 Å². The third-order valence-corrected chi connectivity index (χ3v) is 3.83. The summed E-state index contributed by atoms with van der Waals surface area (Å²) in [4.78, 5) is 24.7. The predicted molar refractivity (Wildman–Crippen MR) is 104 cm³/mol. The fourth-order valence-corrected chi connectivity index (χ4v) is 2.51. The van der Waals surface area contributed by atoms with Crippen LogP contribution in [0.25, 0.3) is 11.2 Å². The van der Waals surface area contributed by atoms with Crippen LogP contribution in [-0.2, 0) is 4.79 Å². The Bertz CT molecular complexity index is 1000. The zero-order chi connectivity index (χ0) is 19.7. The summed E-state index contributed by atoms with van der Waals surface area (Å²) in [5.74, 6) is -1.62. The third-order valence-electron chi connectivity index (χ3n) is 3.83. The van der Waals surface area contributed by atoms with E-state index in [2.05, 4.69) is 25.6 Å². The number of imidazole rings is 1. The summed E-state index contributed by atoms with van der Waals surface area (Å²) in [5, 5.41) is 5.83. The second kappa shape index (κ2) is 8.15. The normalized spacial score (nSPS) is 11.9. The van der Waals surface area contributed by atoms with Crippen LogP contribution in [0.5, 0.6) is 0 Å². The Morgan fingerprint density at radius 3 is 2.54 bits per heavy atom. The second-order valence-corrected chi connectivity index (χ2v) is 6.33. The molecule has 0 aliphatic rings. The number of nitrogens with two attached hydrogens (primary N) is 1. The molecule has 3 aromatic rings. The lowest BCUT2D eigenvalue weighted by atomic mass is 10.3. The van der Waals surface area contributed by atoms with Crippen LogP contribution in [-0.4, -0.2) is 31.5 Å². The van der Waals surface area contributed by atoms with E-state index >= 15 is 0 Å². The molecule has 0 spiro atoms. The van der Waals surface area contributed by atoms with E-state index in [1.54, 1.807) is 6.92 Å². The van der Waals surface area contributed by atoms with Crippen molar-refractivity contribution in [1.29, 1.82) is 0 Å². The first-order valence-electron chi connectivity index (χ1n) is 8.29. The lowest BCUT2D eigenvalue weighted by molar-refractivity contribution is -0.120. The first-order valence-corrected chi connectivity index (χ1v) is 8.29. The Morgan fingerprint density at radius 2 is 1.93 bits per heavy atom. The number of amides is 1. The number of hydrogen-bond acceptors (Lipinski definition) is 6. The standard InChI is InChI=1S/C17H19F2N7O.CH4/c1-8(2)22-16-21-7-13-15(25-16)26(9(3)14(20)27)17(24-13)23-12-5-4-10(18)6-11(12)19;/h4-9H,1-3H3,(H2,20,27)(H,23,24)(H,21,22,25);1H4/t9-;/m1./s1. The molecule has 10 heteroatoms. The van der Waals surface area contributed by atoms with E-state index in [0.717, 1.165) is 12.1 Å². The number of rotatable bonds is 6. The Kier molecular flexibility index (Phi) is 6.12. The highest BCUT2D eigenvalue weighted by molar-refractivity contribution is 5.83. The lowest BCUT2D eigenvalue weighted by Crippen LogP contribution is -2.25. The maximum Gasteiger partial charge on any atom is 0.240 e. The van der Waals surface area contributed by atoms with Gasteiger partial charge in [0, 0.05) is 12.1 Å². The van der Waals surface area contributed by atoms with Gasteiger partial charge < -0.3 is 16.4 Å². The number of nitrogens with one attached hydrogen (secondary N) is 2. The molecule has 2 aromatic heterocycles. The molecule has 150 valence electrons. The van der Waals surface area contributed by atoms with E-state index in [9.17, 15) is 13.6 Å². The Morgan fingerprint density at radius 1 is 1.21 bits per heavy atom. The van der Waals surface area contributed by atoms with E-state index in [4.69, 9.17) is 5.73 Å². The molecular weight excluding hydrogens is 368 g/mol. The molecule has 1 atom stereocenters. The van der Waals surface area contributed by atoms with Crippen molar-refractivity contribution < 1.29 is 13.6 Å². The minimum Gasteiger partial charge on any atom is -0.368 e. The summed E-state index contributed by atoms with van der Waals surface area (Å²) in [7, 11) is 0. The summed E-state index contributed by atoms with van der Waals surface area (Å²) < 4.78 is 28.6. The van der Waals surface area contributed by atoms with E-state index < -0.39 is 23.6 Å². The SMILES string of the molecule is C.CC(C)Nc1ncc2nc(Nc3ccc(F)cc3F)n([C@H](C)C(N)=O)c2n1. The van der Waals surface area contributed by atoms with Gasteiger partial charge >= 0.3 is 0 Å². The van der Waals surface area contributed by atoms with E-state index in [-0.39, 0.29) is 25.1 Å². The Balaban J connectivity index is 0.00000280. The molecule has 0 saturated heterocycles. The van der Waals surface area contributed by atoms with Gasteiger partial charge in [0.05, 0.1) is 11.9 Å². The number of carbonyl (C=O) groups excluding carboxylic acids is 1. The maximum absolute atomic E-state index is 14.0. The van der Waals surface area contributed by atoms with Gasteiger partial charge in [-0.3, -0.25) is 9.36 Å². The largest absolute Gasteiger partial charge is 0.368 e. The molecule has 0 fully saturated rings. The molecule has 0 saturated carbocycles. The summed E-state index contributed by atoms with van der Waals surface area (Å²) >= 11 is 0. The van der Waals surface area contributed by atoms with Gasteiger partial charge in [-0.25, -0.2) is 18.7 Å². The summed E-state index contributed by atoms with van der Waals surface area (Å²) in [6.07, 6.45) is 1.49. The zero-order valence-electron chi connectivity index (χ0n) is 15.0. The second-order valence-electron chi connectivity index (χ2n) is 6.33. The van der Waals surface area contributed by atoms with Crippen molar-refractivity contribution >= 4 is 34.7 Å².